The van der Waals surface area contributed by atoms with Crippen LogP contribution in [-0.2, 0) is 10.8 Å². The summed E-state index contributed by atoms with van der Waals surface area (Å²) in [6, 6.07) is 13.7. The first-order valence-corrected chi connectivity index (χ1v) is 10.7. The molecule has 0 aliphatic rings. The van der Waals surface area contributed by atoms with Gasteiger partial charge in [0, 0.05) is 19.7 Å². The van der Waals surface area contributed by atoms with Crippen LogP contribution in [0.25, 0.3) is 32.3 Å². The molecule has 0 nitrogen and oxygen atoms in total. The summed E-state index contributed by atoms with van der Waals surface area (Å²) in [5, 5.41) is 8.12. The molecule has 0 saturated heterocycles. The SMILES string of the molecule is CC(C)(C)c1cc2ccc(Br)c3c(C(C)(C)C)cc4ccc(Br)c1c4c23. The first kappa shape index (κ1) is 18.3. The maximum Gasteiger partial charge on any atom is 0.0257 e. The molecule has 0 spiro atoms. The number of hydrogen-bond donors (Lipinski definition) is 0. The van der Waals surface area contributed by atoms with Crippen LogP contribution in [0.15, 0.2) is 45.3 Å². The van der Waals surface area contributed by atoms with Crippen molar-refractivity contribution in [1.29, 1.82) is 0 Å². The van der Waals surface area contributed by atoms with Crippen molar-refractivity contribution in [1.82, 2.24) is 0 Å². The van der Waals surface area contributed by atoms with Crippen LogP contribution in [0.5, 0.6) is 0 Å². The minimum Gasteiger partial charge on any atom is -0.0561 e. The summed E-state index contributed by atoms with van der Waals surface area (Å²) in [4.78, 5) is 0. The van der Waals surface area contributed by atoms with E-state index in [1.54, 1.807) is 0 Å². The molecular formula is C24H24Br2. The Balaban J connectivity index is 2.39. The van der Waals surface area contributed by atoms with Gasteiger partial charge in [0.2, 0.25) is 0 Å². The van der Waals surface area contributed by atoms with Crippen molar-refractivity contribution >= 4 is 64.2 Å². The van der Waals surface area contributed by atoms with E-state index < -0.39 is 0 Å². The third-order valence-electron chi connectivity index (χ3n) is 5.38. The fourth-order valence-electron chi connectivity index (χ4n) is 4.13. The van der Waals surface area contributed by atoms with Gasteiger partial charge in [-0.15, -0.1) is 0 Å². The highest BCUT2D eigenvalue weighted by Gasteiger charge is 2.26. The Bertz CT molecular complexity index is 1060. The second kappa shape index (κ2) is 5.69. The van der Waals surface area contributed by atoms with Crippen LogP contribution in [0.4, 0.5) is 0 Å². The van der Waals surface area contributed by atoms with Crippen LogP contribution >= 0.6 is 31.9 Å². The molecule has 0 amide bonds. The maximum atomic E-state index is 3.85. The Morgan fingerprint density at radius 2 is 0.885 bits per heavy atom. The average molecular weight is 472 g/mol. The molecule has 0 N–H and O–H groups in total. The van der Waals surface area contributed by atoms with Gasteiger partial charge in [-0.2, -0.15) is 0 Å². The number of halogens is 2. The van der Waals surface area contributed by atoms with Crippen LogP contribution < -0.4 is 0 Å². The Kier molecular flexibility index (Phi) is 3.99. The van der Waals surface area contributed by atoms with Crippen LogP contribution in [0.3, 0.4) is 0 Å². The van der Waals surface area contributed by atoms with E-state index >= 15 is 0 Å². The highest BCUT2D eigenvalue weighted by Crippen LogP contribution is 2.47. The molecule has 4 rings (SSSR count). The predicted octanol–water partition coefficient (Wildman–Crippen LogP) is 8.70. The molecule has 0 aliphatic carbocycles. The van der Waals surface area contributed by atoms with E-state index in [1.807, 2.05) is 0 Å². The molecule has 0 aliphatic heterocycles. The zero-order chi connectivity index (χ0) is 19.0. The lowest BCUT2D eigenvalue weighted by Crippen LogP contribution is -2.14. The van der Waals surface area contributed by atoms with Gasteiger partial charge in [-0.3, -0.25) is 0 Å². The lowest BCUT2D eigenvalue weighted by molar-refractivity contribution is 0.595. The number of hydrogen-bond acceptors (Lipinski definition) is 0. The molecule has 26 heavy (non-hydrogen) atoms. The summed E-state index contributed by atoms with van der Waals surface area (Å²) in [5.74, 6) is 0. The molecule has 0 atom stereocenters. The normalized spacial score (nSPS) is 13.4. The molecule has 4 aromatic carbocycles. The Morgan fingerprint density at radius 3 is 1.19 bits per heavy atom. The standard InChI is InChI=1S/C24H24Br2/c1-23(2,3)15-11-13-7-10-18(26)22-16(24(4,5)6)12-14-8-9-17(25)21(15)19(14)20(13)22/h7-12H,1-6H3. The Labute approximate surface area is 172 Å². The molecule has 0 radical (unpaired) electrons. The lowest BCUT2D eigenvalue weighted by atomic mass is 9.77. The second-order valence-corrected chi connectivity index (χ2v) is 11.1. The molecular weight excluding hydrogens is 448 g/mol. The highest BCUT2D eigenvalue weighted by molar-refractivity contribution is 9.11. The first-order chi connectivity index (χ1) is 12.0. The summed E-state index contributed by atoms with van der Waals surface area (Å²) < 4.78 is 2.36. The minimum atomic E-state index is 0.0799. The summed E-state index contributed by atoms with van der Waals surface area (Å²) in [5.41, 5.74) is 2.96. The third-order valence-corrected chi connectivity index (χ3v) is 6.70. The predicted molar refractivity (Wildman–Crippen MR) is 123 cm³/mol. The molecule has 4 aromatic rings. The molecule has 2 heteroatoms. The van der Waals surface area contributed by atoms with Gasteiger partial charge in [0.05, 0.1) is 0 Å². The highest BCUT2D eigenvalue weighted by atomic mass is 79.9. The largest absolute Gasteiger partial charge is 0.0561 e. The summed E-state index contributed by atoms with van der Waals surface area (Å²) >= 11 is 7.70. The van der Waals surface area contributed by atoms with Crippen molar-refractivity contribution in [2.75, 3.05) is 0 Å². The van der Waals surface area contributed by atoms with E-state index in [4.69, 9.17) is 0 Å². The van der Waals surface area contributed by atoms with Gasteiger partial charge in [0.15, 0.2) is 0 Å². The summed E-state index contributed by atoms with van der Waals surface area (Å²) in [7, 11) is 0. The fraction of sp³-hybridized carbons (Fsp3) is 0.333. The monoisotopic (exact) mass is 470 g/mol. The topological polar surface area (TPSA) is 0 Å². The van der Waals surface area contributed by atoms with E-state index in [0.29, 0.717) is 0 Å². The fourth-order valence-corrected chi connectivity index (χ4v) is 5.22. The van der Waals surface area contributed by atoms with Gasteiger partial charge in [-0.25, -0.2) is 0 Å². The zero-order valence-electron chi connectivity index (χ0n) is 16.2. The van der Waals surface area contributed by atoms with Crippen LogP contribution in [0.2, 0.25) is 0 Å². The van der Waals surface area contributed by atoms with Gasteiger partial charge < -0.3 is 0 Å². The molecule has 0 heterocycles. The first-order valence-electron chi connectivity index (χ1n) is 9.10. The van der Waals surface area contributed by atoms with Gasteiger partial charge in [0.25, 0.3) is 0 Å². The second-order valence-electron chi connectivity index (χ2n) is 9.39. The van der Waals surface area contributed by atoms with E-state index in [1.165, 1.54) is 52.4 Å². The molecule has 134 valence electrons. The Hall–Kier alpha value is -1.12. The van der Waals surface area contributed by atoms with Crippen molar-refractivity contribution < 1.29 is 0 Å². The third kappa shape index (κ3) is 2.60. The average Bonchev–Trinajstić information content (AvgIpc) is 2.53. The van der Waals surface area contributed by atoms with Gasteiger partial charge in [0.1, 0.15) is 0 Å². The van der Waals surface area contributed by atoms with E-state index in [0.717, 1.165) is 0 Å². The quantitative estimate of drug-likeness (QED) is 0.225. The summed E-state index contributed by atoms with van der Waals surface area (Å²) in [6.45, 7) is 13.8. The number of benzene rings is 4. The van der Waals surface area contributed by atoms with Crippen LogP contribution in [0, 0.1) is 0 Å². The van der Waals surface area contributed by atoms with Crippen molar-refractivity contribution in [3.63, 3.8) is 0 Å². The van der Waals surface area contributed by atoms with Crippen LogP contribution in [-0.4, -0.2) is 0 Å². The smallest absolute Gasteiger partial charge is 0.0257 e. The maximum absolute atomic E-state index is 3.85. The lowest BCUT2D eigenvalue weighted by Gasteiger charge is -2.28. The van der Waals surface area contributed by atoms with Crippen molar-refractivity contribution in [2.45, 2.75) is 52.4 Å². The Morgan fingerprint density at radius 1 is 0.538 bits per heavy atom. The van der Waals surface area contributed by atoms with E-state index in [-0.39, 0.29) is 10.8 Å². The summed E-state index contributed by atoms with van der Waals surface area (Å²) in [6.07, 6.45) is 0. The van der Waals surface area contributed by atoms with Gasteiger partial charge in [-0.05, 0) is 67.8 Å². The molecule has 0 bridgehead atoms. The number of rotatable bonds is 0. The van der Waals surface area contributed by atoms with E-state index in [2.05, 4.69) is 110 Å². The van der Waals surface area contributed by atoms with Gasteiger partial charge >= 0.3 is 0 Å². The van der Waals surface area contributed by atoms with Crippen molar-refractivity contribution in [2.24, 2.45) is 0 Å². The van der Waals surface area contributed by atoms with E-state index in [9.17, 15) is 0 Å². The van der Waals surface area contributed by atoms with Gasteiger partial charge in [-0.1, -0.05) is 85.5 Å². The minimum absolute atomic E-state index is 0.0799. The molecule has 0 unspecified atom stereocenters. The molecule has 0 fully saturated rings. The molecule has 0 saturated carbocycles. The molecule has 0 aromatic heterocycles. The van der Waals surface area contributed by atoms with Crippen molar-refractivity contribution in [3.05, 3.63) is 56.5 Å². The zero-order valence-corrected chi connectivity index (χ0v) is 19.4. The van der Waals surface area contributed by atoms with Crippen LogP contribution in [0.1, 0.15) is 52.7 Å². The van der Waals surface area contributed by atoms with Crippen molar-refractivity contribution in [3.8, 4) is 0 Å².